The summed E-state index contributed by atoms with van der Waals surface area (Å²) in [6.45, 7) is 8.96. The highest BCUT2D eigenvalue weighted by Crippen LogP contribution is 2.47. The first-order valence-electron chi connectivity index (χ1n) is 6.31. The molecule has 0 aromatic rings. The summed E-state index contributed by atoms with van der Waals surface area (Å²) in [7, 11) is 1.79. The molecule has 0 bridgehead atoms. The molecule has 90 valence electrons. The molecule has 0 aromatic heterocycles. The molecule has 1 N–H and O–H groups in total. The van der Waals surface area contributed by atoms with Crippen LogP contribution in [0.15, 0.2) is 0 Å². The van der Waals surface area contributed by atoms with Gasteiger partial charge in [-0.1, -0.05) is 20.8 Å². The largest absolute Gasteiger partial charge is 0.385 e. The molecule has 0 heterocycles. The molecule has 2 nitrogen and oxygen atoms in total. The molecule has 0 amide bonds. The molecule has 0 aliphatic heterocycles. The fraction of sp³-hybridized carbons (Fsp3) is 1.00. The summed E-state index contributed by atoms with van der Waals surface area (Å²) in [5.74, 6) is 0.959. The lowest BCUT2D eigenvalue weighted by Crippen LogP contribution is -2.37. The van der Waals surface area contributed by atoms with Crippen LogP contribution in [0.2, 0.25) is 0 Å². The molecule has 0 aromatic carbocycles. The van der Waals surface area contributed by atoms with E-state index >= 15 is 0 Å². The topological polar surface area (TPSA) is 21.3 Å². The molecule has 15 heavy (non-hydrogen) atoms. The van der Waals surface area contributed by atoms with E-state index in [1.54, 1.807) is 7.11 Å². The zero-order chi connectivity index (χ0) is 11.3. The molecule has 1 aliphatic rings. The number of nitrogens with one attached hydrogen (secondary N) is 1. The Kier molecular flexibility index (Phi) is 5.07. The summed E-state index contributed by atoms with van der Waals surface area (Å²) in [5, 5.41) is 3.59. The third-order valence-corrected chi connectivity index (χ3v) is 3.57. The maximum Gasteiger partial charge on any atom is 0.0462 e. The van der Waals surface area contributed by atoms with Crippen LogP contribution in [0, 0.1) is 11.3 Å². The summed E-state index contributed by atoms with van der Waals surface area (Å²) in [6, 6.07) is 0.602. The molecular weight excluding hydrogens is 186 g/mol. The Hall–Kier alpha value is -0.0800. The van der Waals surface area contributed by atoms with Gasteiger partial charge < -0.3 is 10.1 Å². The van der Waals surface area contributed by atoms with Crippen molar-refractivity contribution in [2.45, 2.75) is 52.5 Å². The minimum Gasteiger partial charge on any atom is -0.385 e. The van der Waals surface area contributed by atoms with Crippen molar-refractivity contribution >= 4 is 0 Å². The number of hydrogen-bond acceptors (Lipinski definition) is 2. The summed E-state index contributed by atoms with van der Waals surface area (Å²) >= 11 is 0. The summed E-state index contributed by atoms with van der Waals surface area (Å²) in [4.78, 5) is 0. The summed E-state index contributed by atoms with van der Waals surface area (Å²) in [5.41, 5.74) is 0.503. The SMILES string of the molecule is COCCCC(C)(CNC(C)C)C1CC1. The van der Waals surface area contributed by atoms with Crippen LogP contribution in [-0.4, -0.2) is 26.3 Å². The minimum absolute atomic E-state index is 0.503. The van der Waals surface area contributed by atoms with E-state index in [-0.39, 0.29) is 0 Å². The van der Waals surface area contributed by atoms with Gasteiger partial charge in [0, 0.05) is 26.3 Å². The highest BCUT2D eigenvalue weighted by Gasteiger charge is 2.40. The van der Waals surface area contributed by atoms with E-state index in [4.69, 9.17) is 4.74 Å². The van der Waals surface area contributed by atoms with Gasteiger partial charge in [-0.3, -0.25) is 0 Å². The van der Waals surface area contributed by atoms with Crippen LogP contribution < -0.4 is 5.32 Å². The van der Waals surface area contributed by atoms with E-state index in [0.717, 1.165) is 12.5 Å². The lowest BCUT2D eigenvalue weighted by Gasteiger charge is -2.31. The first-order chi connectivity index (χ1) is 7.08. The van der Waals surface area contributed by atoms with Gasteiger partial charge in [-0.2, -0.15) is 0 Å². The summed E-state index contributed by atoms with van der Waals surface area (Å²) in [6.07, 6.45) is 5.36. The first-order valence-corrected chi connectivity index (χ1v) is 6.31. The summed E-state index contributed by atoms with van der Waals surface area (Å²) < 4.78 is 5.14. The van der Waals surface area contributed by atoms with Gasteiger partial charge in [-0.05, 0) is 37.0 Å². The van der Waals surface area contributed by atoms with Gasteiger partial charge in [-0.25, -0.2) is 0 Å². The van der Waals surface area contributed by atoms with E-state index in [1.165, 1.54) is 32.2 Å². The van der Waals surface area contributed by atoms with Gasteiger partial charge in [0.05, 0.1) is 0 Å². The number of ether oxygens (including phenoxy) is 1. The van der Waals surface area contributed by atoms with Gasteiger partial charge >= 0.3 is 0 Å². The Balaban J connectivity index is 2.32. The number of methoxy groups -OCH3 is 1. The van der Waals surface area contributed by atoms with Crippen LogP contribution in [0.4, 0.5) is 0 Å². The van der Waals surface area contributed by atoms with E-state index in [2.05, 4.69) is 26.1 Å². The van der Waals surface area contributed by atoms with Crippen LogP contribution in [0.3, 0.4) is 0 Å². The van der Waals surface area contributed by atoms with Crippen molar-refractivity contribution in [1.82, 2.24) is 5.32 Å². The highest BCUT2D eigenvalue weighted by molar-refractivity contribution is 4.92. The van der Waals surface area contributed by atoms with Gasteiger partial charge in [0.1, 0.15) is 0 Å². The predicted octanol–water partition coefficient (Wildman–Crippen LogP) is 2.83. The van der Waals surface area contributed by atoms with E-state index in [1.807, 2.05) is 0 Å². The maximum atomic E-state index is 5.14. The molecule has 0 spiro atoms. The van der Waals surface area contributed by atoms with Crippen molar-refractivity contribution in [1.29, 1.82) is 0 Å². The first kappa shape index (κ1) is 13.0. The van der Waals surface area contributed by atoms with Crippen LogP contribution in [0.1, 0.15) is 46.5 Å². The monoisotopic (exact) mass is 213 g/mol. The van der Waals surface area contributed by atoms with Crippen molar-refractivity contribution in [2.24, 2.45) is 11.3 Å². The Morgan fingerprint density at radius 2 is 2.07 bits per heavy atom. The standard InChI is InChI=1S/C13H27NO/c1-11(2)14-10-13(3,12-6-7-12)8-5-9-15-4/h11-12,14H,5-10H2,1-4H3. The van der Waals surface area contributed by atoms with Crippen molar-refractivity contribution in [3.05, 3.63) is 0 Å². The maximum absolute atomic E-state index is 5.14. The molecule has 2 heteroatoms. The second-order valence-corrected chi connectivity index (χ2v) is 5.56. The normalized spacial score (nSPS) is 20.6. The molecule has 0 saturated heterocycles. The van der Waals surface area contributed by atoms with Gasteiger partial charge in [-0.15, -0.1) is 0 Å². The van der Waals surface area contributed by atoms with E-state index in [0.29, 0.717) is 11.5 Å². The van der Waals surface area contributed by atoms with Crippen molar-refractivity contribution in [2.75, 3.05) is 20.3 Å². The third-order valence-electron chi connectivity index (χ3n) is 3.57. The van der Waals surface area contributed by atoms with Crippen molar-refractivity contribution < 1.29 is 4.74 Å². The van der Waals surface area contributed by atoms with Gasteiger partial charge in [0.25, 0.3) is 0 Å². The highest BCUT2D eigenvalue weighted by atomic mass is 16.5. The van der Waals surface area contributed by atoms with Crippen LogP contribution in [0.5, 0.6) is 0 Å². The minimum atomic E-state index is 0.503. The van der Waals surface area contributed by atoms with Crippen LogP contribution in [0.25, 0.3) is 0 Å². The number of rotatable bonds is 8. The molecule has 1 rings (SSSR count). The smallest absolute Gasteiger partial charge is 0.0462 e. The Morgan fingerprint density at radius 3 is 2.53 bits per heavy atom. The lowest BCUT2D eigenvalue weighted by molar-refractivity contribution is 0.157. The van der Waals surface area contributed by atoms with E-state index in [9.17, 15) is 0 Å². The molecule has 0 radical (unpaired) electrons. The second kappa shape index (κ2) is 5.86. The van der Waals surface area contributed by atoms with E-state index < -0.39 is 0 Å². The van der Waals surface area contributed by atoms with Crippen LogP contribution >= 0.6 is 0 Å². The van der Waals surface area contributed by atoms with Crippen molar-refractivity contribution in [3.8, 4) is 0 Å². The second-order valence-electron chi connectivity index (χ2n) is 5.56. The predicted molar refractivity (Wildman–Crippen MR) is 65.1 cm³/mol. The van der Waals surface area contributed by atoms with Gasteiger partial charge in [0.2, 0.25) is 0 Å². The van der Waals surface area contributed by atoms with Crippen molar-refractivity contribution in [3.63, 3.8) is 0 Å². The molecular formula is C13H27NO. The zero-order valence-corrected chi connectivity index (χ0v) is 10.8. The Bertz CT molecular complexity index is 177. The fourth-order valence-corrected chi connectivity index (χ4v) is 2.27. The molecule has 1 aliphatic carbocycles. The quantitative estimate of drug-likeness (QED) is 0.626. The Morgan fingerprint density at radius 1 is 1.40 bits per heavy atom. The molecule has 1 fully saturated rings. The average Bonchev–Trinajstić information content (AvgIpc) is 2.98. The van der Waals surface area contributed by atoms with Gasteiger partial charge in [0.15, 0.2) is 0 Å². The third kappa shape index (κ3) is 4.52. The lowest BCUT2D eigenvalue weighted by atomic mass is 9.80. The Labute approximate surface area is 94.8 Å². The van der Waals surface area contributed by atoms with Crippen LogP contribution in [-0.2, 0) is 4.74 Å². The number of hydrogen-bond donors (Lipinski definition) is 1. The molecule has 1 atom stereocenters. The average molecular weight is 213 g/mol. The zero-order valence-electron chi connectivity index (χ0n) is 10.8. The molecule has 1 unspecified atom stereocenters. The fourth-order valence-electron chi connectivity index (χ4n) is 2.27. The molecule has 1 saturated carbocycles.